The van der Waals surface area contributed by atoms with Gasteiger partial charge in [0.2, 0.25) is 5.91 Å². The van der Waals surface area contributed by atoms with Gasteiger partial charge in [0.05, 0.1) is 11.9 Å². The van der Waals surface area contributed by atoms with Gasteiger partial charge in [0.25, 0.3) is 5.56 Å². The number of H-pyrrole nitrogens is 1. The van der Waals surface area contributed by atoms with Crippen LogP contribution in [-0.4, -0.2) is 32.7 Å². The predicted molar refractivity (Wildman–Crippen MR) is 81.9 cm³/mol. The van der Waals surface area contributed by atoms with Crippen LogP contribution in [0.15, 0.2) is 41.3 Å². The van der Waals surface area contributed by atoms with Gasteiger partial charge in [0.15, 0.2) is 5.65 Å². The number of aromatic nitrogens is 4. The summed E-state index contributed by atoms with van der Waals surface area (Å²) < 4.78 is 1.62. The Morgan fingerprint density at radius 3 is 2.82 bits per heavy atom. The second kappa shape index (κ2) is 5.80. The van der Waals surface area contributed by atoms with E-state index in [0.717, 1.165) is 5.69 Å². The second-order valence-corrected chi connectivity index (χ2v) is 4.82. The lowest BCUT2D eigenvalue weighted by molar-refractivity contribution is -0.120. The van der Waals surface area contributed by atoms with Crippen molar-refractivity contribution in [3.05, 3.63) is 52.7 Å². The van der Waals surface area contributed by atoms with Gasteiger partial charge in [-0.25, -0.2) is 9.67 Å². The number of aryl methyl sites for hydroxylation is 1. The summed E-state index contributed by atoms with van der Waals surface area (Å²) in [6, 6.07) is 9.47. The second-order valence-electron chi connectivity index (χ2n) is 4.82. The molecule has 2 heterocycles. The zero-order chi connectivity index (χ0) is 15.5. The van der Waals surface area contributed by atoms with Crippen LogP contribution in [0.1, 0.15) is 12.2 Å². The molecule has 7 heteroatoms. The lowest BCUT2D eigenvalue weighted by atomic mass is 10.2. The first kappa shape index (κ1) is 14.0. The molecule has 0 fully saturated rings. The summed E-state index contributed by atoms with van der Waals surface area (Å²) in [5.74, 6) is 0.373. The van der Waals surface area contributed by atoms with E-state index in [2.05, 4.69) is 20.4 Å². The van der Waals surface area contributed by atoms with Crippen LogP contribution in [0.3, 0.4) is 0 Å². The Hall–Kier alpha value is -2.96. The number of fused-ring (bicyclic) bond motifs is 1. The lowest BCUT2D eigenvalue weighted by Gasteiger charge is -2.04. The van der Waals surface area contributed by atoms with Gasteiger partial charge in [-0.2, -0.15) is 5.10 Å². The minimum atomic E-state index is -0.251. The average molecular weight is 297 g/mol. The third-order valence-electron chi connectivity index (χ3n) is 3.36. The first-order chi connectivity index (χ1) is 10.7. The fraction of sp³-hybridized carbons (Fsp3) is 0.200. The summed E-state index contributed by atoms with van der Waals surface area (Å²) in [6.45, 7) is 0. The van der Waals surface area contributed by atoms with Crippen LogP contribution in [0.4, 0.5) is 0 Å². The van der Waals surface area contributed by atoms with Gasteiger partial charge in [0.1, 0.15) is 11.2 Å². The molecule has 2 N–H and O–H groups in total. The fourth-order valence-corrected chi connectivity index (χ4v) is 2.20. The molecule has 112 valence electrons. The Labute approximate surface area is 126 Å². The number of carbonyl (C=O) groups excluding carboxylic acids is 1. The van der Waals surface area contributed by atoms with E-state index >= 15 is 0 Å². The number of aromatic amines is 1. The van der Waals surface area contributed by atoms with Gasteiger partial charge in [-0.15, -0.1) is 0 Å². The van der Waals surface area contributed by atoms with Gasteiger partial charge in [-0.1, -0.05) is 18.2 Å². The van der Waals surface area contributed by atoms with Crippen LogP contribution in [0.25, 0.3) is 16.7 Å². The van der Waals surface area contributed by atoms with Crippen molar-refractivity contribution in [1.29, 1.82) is 0 Å². The van der Waals surface area contributed by atoms with Crippen molar-refractivity contribution in [2.75, 3.05) is 7.05 Å². The molecule has 2 aromatic heterocycles. The first-order valence-electron chi connectivity index (χ1n) is 6.92. The molecule has 0 aliphatic heterocycles. The van der Waals surface area contributed by atoms with Crippen LogP contribution >= 0.6 is 0 Å². The molecule has 3 aromatic rings. The molecule has 0 aliphatic rings. The van der Waals surface area contributed by atoms with E-state index < -0.39 is 0 Å². The minimum Gasteiger partial charge on any atom is -0.359 e. The number of benzene rings is 1. The maximum Gasteiger partial charge on any atom is 0.262 e. The van der Waals surface area contributed by atoms with E-state index in [4.69, 9.17) is 0 Å². The van der Waals surface area contributed by atoms with E-state index in [1.807, 2.05) is 30.3 Å². The van der Waals surface area contributed by atoms with Crippen LogP contribution in [0, 0.1) is 0 Å². The molecule has 0 atom stereocenters. The SMILES string of the molecule is CNC(=O)CCc1nc2c(cnn2-c2ccccc2)c(=O)[nH]1. The Morgan fingerprint density at radius 2 is 2.09 bits per heavy atom. The van der Waals surface area contributed by atoms with E-state index in [0.29, 0.717) is 23.3 Å². The highest BCUT2D eigenvalue weighted by Gasteiger charge is 2.12. The molecule has 0 saturated carbocycles. The van der Waals surface area contributed by atoms with Crippen molar-refractivity contribution in [1.82, 2.24) is 25.1 Å². The minimum absolute atomic E-state index is 0.0979. The van der Waals surface area contributed by atoms with Crippen molar-refractivity contribution in [2.45, 2.75) is 12.8 Å². The summed E-state index contributed by atoms with van der Waals surface area (Å²) in [5.41, 5.74) is 1.06. The van der Waals surface area contributed by atoms with Crippen LogP contribution in [-0.2, 0) is 11.2 Å². The van der Waals surface area contributed by atoms with Crippen molar-refractivity contribution < 1.29 is 4.79 Å². The predicted octanol–water partition coefficient (Wildman–Crippen LogP) is 0.787. The third-order valence-corrected chi connectivity index (χ3v) is 3.36. The van der Waals surface area contributed by atoms with Gasteiger partial charge >= 0.3 is 0 Å². The molecular formula is C15H15N5O2. The van der Waals surface area contributed by atoms with E-state index in [1.165, 1.54) is 6.20 Å². The van der Waals surface area contributed by atoms with Crippen molar-refractivity contribution >= 4 is 16.9 Å². The molecule has 0 saturated heterocycles. The fourth-order valence-electron chi connectivity index (χ4n) is 2.20. The number of para-hydroxylation sites is 1. The van der Waals surface area contributed by atoms with Gasteiger partial charge in [-0.05, 0) is 12.1 Å². The third kappa shape index (κ3) is 2.60. The topological polar surface area (TPSA) is 92.7 Å². The van der Waals surface area contributed by atoms with Gasteiger partial charge < -0.3 is 10.3 Å². The summed E-state index contributed by atoms with van der Waals surface area (Å²) in [5, 5.41) is 7.20. The molecule has 0 unspecified atom stereocenters. The van der Waals surface area contributed by atoms with E-state index in [-0.39, 0.29) is 17.9 Å². The number of hydrogen-bond acceptors (Lipinski definition) is 4. The average Bonchev–Trinajstić information content (AvgIpc) is 2.98. The number of nitrogens with one attached hydrogen (secondary N) is 2. The molecule has 1 amide bonds. The van der Waals surface area contributed by atoms with Crippen molar-refractivity contribution in [3.8, 4) is 5.69 Å². The molecule has 0 radical (unpaired) electrons. The highest BCUT2D eigenvalue weighted by Crippen LogP contribution is 2.13. The van der Waals surface area contributed by atoms with E-state index in [1.54, 1.807) is 11.7 Å². The zero-order valence-electron chi connectivity index (χ0n) is 12.0. The molecule has 1 aromatic carbocycles. The summed E-state index contributed by atoms with van der Waals surface area (Å²) in [6.07, 6.45) is 2.13. The zero-order valence-corrected chi connectivity index (χ0v) is 12.0. The smallest absolute Gasteiger partial charge is 0.262 e. The molecule has 3 rings (SSSR count). The van der Waals surface area contributed by atoms with Crippen LogP contribution in [0.2, 0.25) is 0 Å². The number of amides is 1. The van der Waals surface area contributed by atoms with Crippen molar-refractivity contribution in [3.63, 3.8) is 0 Å². The Bertz CT molecular complexity index is 867. The summed E-state index contributed by atoms with van der Waals surface area (Å²) in [7, 11) is 1.58. The first-order valence-corrected chi connectivity index (χ1v) is 6.92. The van der Waals surface area contributed by atoms with Crippen LogP contribution in [0.5, 0.6) is 0 Å². The van der Waals surface area contributed by atoms with Gasteiger partial charge in [0, 0.05) is 19.9 Å². The maximum atomic E-state index is 12.1. The maximum absolute atomic E-state index is 12.1. The molecule has 22 heavy (non-hydrogen) atoms. The number of nitrogens with zero attached hydrogens (tertiary/aromatic N) is 3. The number of rotatable bonds is 4. The normalized spacial score (nSPS) is 10.8. The quantitative estimate of drug-likeness (QED) is 0.744. The Balaban J connectivity index is 2.04. The lowest BCUT2D eigenvalue weighted by Crippen LogP contribution is -2.20. The van der Waals surface area contributed by atoms with Crippen molar-refractivity contribution in [2.24, 2.45) is 0 Å². The molecule has 0 aliphatic carbocycles. The van der Waals surface area contributed by atoms with E-state index in [9.17, 15) is 9.59 Å². The molecular weight excluding hydrogens is 282 g/mol. The highest BCUT2D eigenvalue weighted by atomic mass is 16.1. The summed E-state index contributed by atoms with van der Waals surface area (Å²) >= 11 is 0. The van der Waals surface area contributed by atoms with Crippen LogP contribution < -0.4 is 10.9 Å². The number of carbonyl (C=O) groups is 1. The Morgan fingerprint density at radius 1 is 1.32 bits per heavy atom. The number of hydrogen-bond donors (Lipinski definition) is 2. The molecule has 0 bridgehead atoms. The standard InChI is InChI=1S/C15H15N5O2/c1-16-13(21)8-7-12-18-14-11(15(22)19-12)9-17-20(14)10-5-3-2-4-6-10/h2-6,9H,7-8H2,1H3,(H,16,21)(H,18,19,22). The Kier molecular flexibility index (Phi) is 3.69. The monoisotopic (exact) mass is 297 g/mol. The van der Waals surface area contributed by atoms with Gasteiger partial charge in [-0.3, -0.25) is 9.59 Å². The highest BCUT2D eigenvalue weighted by molar-refractivity contribution is 5.76. The molecule has 0 spiro atoms. The summed E-state index contributed by atoms with van der Waals surface area (Å²) in [4.78, 5) is 30.6. The molecule has 7 nitrogen and oxygen atoms in total. The largest absolute Gasteiger partial charge is 0.359 e.